The standard InChI is InChI=1S/C19H29NO3/c1-4-14-19(3,22-5-2)18(21)20-15-10-12-17(13-11-15)23-16-8-6-7-9-16/h10-13,16H,4-9,14H2,1-3H3,(H,20,21)/t19-/m0/s1. The van der Waals surface area contributed by atoms with Crippen LogP contribution in [0.2, 0.25) is 0 Å². The number of benzene rings is 1. The molecule has 2 rings (SSSR count). The Morgan fingerprint density at radius 1 is 1.22 bits per heavy atom. The normalized spacial score (nSPS) is 17.7. The zero-order valence-electron chi connectivity index (χ0n) is 14.6. The highest BCUT2D eigenvalue weighted by molar-refractivity contribution is 5.97. The molecule has 1 atom stereocenters. The van der Waals surface area contributed by atoms with Crippen molar-refractivity contribution in [3.05, 3.63) is 24.3 Å². The molecule has 1 fully saturated rings. The number of anilines is 1. The van der Waals surface area contributed by atoms with Crippen molar-refractivity contribution in [1.29, 1.82) is 0 Å². The molecular formula is C19H29NO3. The predicted molar refractivity (Wildman–Crippen MR) is 92.9 cm³/mol. The maximum Gasteiger partial charge on any atom is 0.256 e. The average Bonchev–Trinajstić information content (AvgIpc) is 3.02. The summed E-state index contributed by atoms with van der Waals surface area (Å²) in [6.45, 7) is 6.35. The summed E-state index contributed by atoms with van der Waals surface area (Å²) in [6.07, 6.45) is 6.75. The molecule has 0 saturated heterocycles. The molecular weight excluding hydrogens is 290 g/mol. The van der Waals surface area contributed by atoms with E-state index < -0.39 is 5.60 Å². The van der Waals surface area contributed by atoms with Gasteiger partial charge in [0.25, 0.3) is 5.91 Å². The molecule has 1 N–H and O–H groups in total. The fraction of sp³-hybridized carbons (Fsp3) is 0.632. The van der Waals surface area contributed by atoms with Crippen LogP contribution < -0.4 is 10.1 Å². The third-order valence-corrected chi connectivity index (χ3v) is 4.39. The van der Waals surface area contributed by atoms with Gasteiger partial charge in [-0.05, 0) is 70.2 Å². The molecule has 1 amide bonds. The minimum atomic E-state index is -0.775. The molecule has 0 aromatic heterocycles. The average molecular weight is 319 g/mol. The number of carbonyl (C=O) groups is 1. The Kier molecular flexibility index (Phi) is 6.46. The summed E-state index contributed by atoms with van der Waals surface area (Å²) in [5.74, 6) is 0.779. The molecule has 0 bridgehead atoms. The lowest BCUT2D eigenvalue weighted by Gasteiger charge is -2.27. The van der Waals surface area contributed by atoms with Gasteiger partial charge in [-0.2, -0.15) is 0 Å². The Bertz CT molecular complexity index is 486. The third kappa shape index (κ3) is 4.96. The van der Waals surface area contributed by atoms with Crippen molar-refractivity contribution in [2.45, 2.75) is 71.0 Å². The third-order valence-electron chi connectivity index (χ3n) is 4.39. The van der Waals surface area contributed by atoms with Crippen LogP contribution in [0.3, 0.4) is 0 Å². The lowest BCUT2D eigenvalue weighted by Crippen LogP contribution is -2.42. The van der Waals surface area contributed by atoms with Gasteiger partial charge >= 0.3 is 0 Å². The van der Waals surface area contributed by atoms with Gasteiger partial charge in [-0.25, -0.2) is 0 Å². The summed E-state index contributed by atoms with van der Waals surface area (Å²) < 4.78 is 11.6. The van der Waals surface area contributed by atoms with E-state index in [1.54, 1.807) is 0 Å². The Hall–Kier alpha value is -1.55. The molecule has 1 saturated carbocycles. The molecule has 4 nitrogen and oxygen atoms in total. The minimum absolute atomic E-state index is 0.0920. The van der Waals surface area contributed by atoms with Gasteiger partial charge in [-0.15, -0.1) is 0 Å². The van der Waals surface area contributed by atoms with Crippen LogP contribution in [0, 0.1) is 0 Å². The van der Waals surface area contributed by atoms with Gasteiger partial charge in [0.15, 0.2) is 0 Å². The van der Waals surface area contributed by atoms with Crippen LogP contribution >= 0.6 is 0 Å². The first kappa shape index (κ1) is 17.8. The largest absolute Gasteiger partial charge is 0.490 e. The van der Waals surface area contributed by atoms with Crippen LogP contribution in [-0.4, -0.2) is 24.2 Å². The zero-order chi connectivity index (χ0) is 16.7. The molecule has 0 radical (unpaired) electrons. The molecule has 1 aromatic rings. The quantitative estimate of drug-likeness (QED) is 0.765. The molecule has 0 spiro atoms. The molecule has 0 heterocycles. The molecule has 4 heteroatoms. The molecule has 1 aliphatic rings. The van der Waals surface area contributed by atoms with Gasteiger partial charge in [0.2, 0.25) is 0 Å². The van der Waals surface area contributed by atoms with Gasteiger partial charge < -0.3 is 14.8 Å². The summed E-state index contributed by atoms with van der Waals surface area (Å²) in [5.41, 5.74) is -0.00139. The van der Waals surface area contributed by atoms with Crippen LogP contribution in [0.1, 0.15) is 59.3 Å². The number of carbonyl (C=O) groups excluding carboxylic acids is 1. The number of hydrogen-bond donors (Lipinski definition) is 1. The first-order valence-electron chi connectivity index (χ1n) is 8.79. The highest BCUT2D eigenvalue weighted by Gasteiger charge is 2.32. The minimum Gasteiger partial charge on any atom is -0.490 e. The second-order valence-corrected chi connectivity index (χ2v) is 6.42. The van der Waals surface area contributed by atoms with Crippen LogP contribution in [0.4, 0.5) is 5.69 Å². The van der Waals surface area contributed by atoms with Crippen molar-refractivity contribution in [3.8, 4) is 5.75 Å². The van der Waals surface area contributed by atoms with E-state index >= 15 is 0 Å². The first-order chi connectivity index (χ1) is 11.1. The predicted octanol–water partition coefficient (Wildman–Crippen LogP) is 4.54. The van der Waals surface area contributed by atoms with Crippen molar-refractivity contribution in [2.75, 3.05) is 11.9 Å². The van der Waals surface area contributed by atoms with E-state index in [1.165, 1.54) is 12.8 Å². The zero-order valence-corrected chi connectivity index (χ0v) is 14.6. The van der Waals surface area contributed by atoms with Gasteiger partial charge in [-0.1, -0.05) is 13.3 Å². The fourth-order valence-corrected chi connectivity index (χ4v) is 3.13. The lowest BCUT2D eigenvalue weighted by molar-refractivity contribution is -0.139. The van der Waals surface area contributed by atoms with E-state index in [9.17, 15) is 4.79 Å². The van der Waals surface area contributed by atoms with E-state index in [0.717, 1.165) is 30.7 Å². The van der Waals surface area contributed by atoms with E-state index in [-0.39, 0.29) is 5.91 Å². The molecule has 1 aliphatic carbocycles. The monoisotopic (exact) mass is 319 g/mol. The SMILES string of the molecule is CCC[C@](C)(OCC)C(=O)Nc1ccc(OC2CCCC2)cc1. The van der Waals surface area contributed by atoms with E-state index in [4.69, 9.17) is 9.47 Å². The van der Waals surface area contributed by atoms with Crippen molar-refractivity contribution in [1.82, 2.24) is 0 Å². The van der Waals surface area contributed by atoms with Crippen molar-refractivity contribution in [2.24, 2.45) is 0 Å². The Balaban J connectivity index is 1.94. The van der Waals surface area contributed by atoms with E-state index in [0.29, 0.717) is 19.1 Å². The van der Waals surface area contributed by atoms with Gasteiger partial charge in [-0.3, -0.25) is 4.79 Å². The number of ether oxygens (including phenoxy) is 2. The highest BCUT2D eigenvalue weighted by atomic mass is 16.5. The molecule has 128 valence electrons. The number of nitrogens with one attached hydrogen (secondary N) is 1. The maximum atomic E-state index is 12.5. The van der Waals surface area contributed by atoms with Crippen LogP contribution in [-0.2, 0) is 9.53 Å². The van der Waals surface area contributed by atoms with Gasteiger partial charge in [0.05, 0.1) is 6.10 Å². The molecule has 23 heavy (non-hydrogen) atoms. The summed E-state index contributed by atoms with van der Waals surface area (Å²) in [4.78, 5) is 12.5. The second-order valence-electron chi connectivity index (χ2n) is 6.42. The molecule has 0 aliphatic heterocycles. The summed E-state index contributed by atoms with van der Waals surface area (Å²) in [5, 5.41) is 2.95. The smallest absolute Gasteiger partial charge is 0.256 e. The lowest BCUT2D eigenvalue weighted by atomic mass is 9.99. The van der Waals surface area contributed by atoms with E-state index in [1.807, 2.05) is 38.1 Å². The number of hydrogen-bond acceptors (Lipinski definition) is 3. The topological polar surface area (TPSA) is 47.6 Å². The number of amides is 1. The fourth-order valence-electron chi connectivity index (χ4n) is 3.13. The summed E-state index contributed by atoms with van der Waals surface area (Å²) in [6, 6.07) is 7.62. The Morgan fingerprint density at radius 2 is 1.87 bits per heavy atom. The maximum absolute atomic E-state index is 12.5. The van der Waals surface area contributed by atoms with Crippen molar-refractivity contribution >= 4 is 11.6 Å². The van der Waals surface area contributed by atoms with Crippen LogP contribution in [0.25, 0.3) is 0 Å². The van der Waals surface area contributed by atoms with Gasteiger partial charge in [0, 0.05) is 12.3 Å². The second kappa shape index (κ2) is 8.34. The summed E-state index contributed by atoms with van der Waals surface area (Å²) >= 11 is 0. The number of rotatable bonds is 8. The molecule has 1 aromatic carbocycles. The van der Waals surface area contributed by atoms with Crippen molar-refractivity contribution < 1.29 is 14.3 Å². The Morgan fingerprint density at radius 3 is 2.43 bits per heavy atom. The van der Waals surface area contributed by atoms with Gasteiger partial charge in [0.1, 0.15) is 11.4 Å². The van der Waals surface area contributed by atoms with Crippen LogP contribution in [0.5, 0.6) is 5.75 Å². The first-order valence-corrected chi connectivity index (χ1v) is 8.79. The Labute approximate surface area is 139 Å². The summed E-state index contributed by atoms with van der Waals surface area (Å²) in [7, 11) is 0. The molecule has 0 unspecified atom stereocenters. The highest BCUT2D eigenvalue weighted by Crippen LogP contribution is 2.26. The van der Waals surface area contributed by atoms with Crippen molar-refractivity contribution in [3.63, 3.8) is 0 Å². The van der Waals surface area contributed by atoms with E-state index in [2.05, 4.69) is 12.2 Å². The van der Waals surface area contributed by atoms with Crippen LogP contribution in [0.15, 0.2) is 24.3 Å².